The maximum Gasteiger partial charge on any atom is 0.0752 e. The second kappa shape index (κ2) is 5.53. The van der Waals surface area contributed by atoms with E-state index in [4.69, 9.17) is 5.73 Å². The third kappa shape index (κ3) is 2.88. The van der Waals surface area contributed by atoms with Crippen molar-refractivity contribution in [3.05, 3.63) is 16.9 Å². The summed E-state index contributed by atoms with van der Waals surface area (Å²) in [5.74, 6) is 0. The fourth-order valence-electron chi connectivity index (χ4n) is 2.23. The van der Waals surface area contributed by atoms with E-state index >= 15 is 0 Å². The van der Waals surface area contributed by atoms with Crippen LogP contribution in [0.2, 0.25) is 0 Å². The normalized spacial score (nSPS) is 18.1. The fraction of sp³-hybridized carbons (Fsp3) is 0.583. The third-order valence-electron chi connectivity index (χ3n) is 3.13. The van der Waals surface area contributed by atoms with Crippen LogP contribution in [0.1, 0.15) is 38.5 Å². The van der Waals surface area contributed by atoms with Crippen molar-refractivity contribution >= 4 is 27.3 Å². The van der Waals surface area contributed by atoms with Crippen LogP contribution in [0.15, 0.2) is 16.9 Å². The molecule has 0 atom stereocenters. The monoisotopic (exact) mass is 283 g/mol. The molecule has 0 aliphatic heterocycles. The summed E-state index contributed by atoms with van der Waals surface area (Å²) in [7, 11) is 0. The molecule has 2 rings (SSSR count). The van der Waals surface area contributed by atoms with E-state index in [0.29, 0.717) is 6.04 Å². The number of nitrogens with one attached hydrogen (secondary N) is 1. The lowest BCUT2D eigenvalue weighted by molar-refractivity contribution is 0.620. The smallest absolute Gasteiger partial charge is 0.0752 e. The molecule has 88 valence electrons. The van der Waals surface area contributed by atoms with Crippen LogP contribution in [-0.4, -0.2) is 11.0 Å². The molecule has 0 amide bonds. The molecule has 1 saturated carbocycles. The Morgan fingerprint density at radius 1 is 1.19 bits per heavy atom. The summed E-state index contributed by atoms with van der Waals surface area (Å²) in [4.78, 5) is 4.04. The van der Waals surface area contributed by atoms with Crippen LogP contribution in [0.3, 0.4) is 0 Å². The second-order valence-corrected chi connectivity index (χ2v) is 5.27. The van der Waals surface area contributed by atoms with E-state index in [0.717, 1.165) is 15.8 Å². The number of anilines is 2. The summed E-state index contributed by atoms with van der Waals surface area (Å²) >= 11 is 3.49. The van der Waals surface area contributed by atoms with Gasteiger partial charge in [-0.15, -0.1) is 0 Å². The van der Waals surface area contributed by atoms with E-state index < -0.39 is 0 Å². The van der Waals surface area contributed by atoms with Crippen LogP contribution in [0.25, 0.3) is 0 Å². The molecular formula is C12H18BrN3. The molecule has 1 heterocycles. The molecule has 3 nitrogen and oxygen atoms in total. The Bertz CT molecular complexity index is 326. The van der Waals surface area contributed by atoms with Crippen LogP contribution < -0.4 is 11.1 Å². The van der Waals surface area contributed by atoms with Gasteiger partial charge in [0, 0.05) is 12.2 Å². The first-order valence-electron chi connectivity index (χ1n) is 5.93. The third-order valence-corrected chi connectivity index (χ3v) is 3.73. The van der Waals surface area contributed by atoms with Gasteiger partial charge in [-0.2, -0.15) is 0 Å². The van der Waals surface area contributed by atoms with Gasteiger partial charge < -0.3 is 11.1 Å². The van der Waals surface area contributed by atoms with Crippen molar-refractivity contribution in [3.8, 4) is 0 Å². The van der Waals surface area contributed by atoms with Crippen LogP contribution in [0, 0.1) is 0 Å². The van der Waals surface area contributed by atoms with Gasteiger partial charge in [0.15, 0.2) is 0 Å². The number of aromatic nitrogens is 1. The lowest BCUT2D eigenvalue weighted by Crippen LogP contribution is -2.19. The zero-order valence-electron chi connectivity index (χ0n) is 9.38. The highest BCUT2D eigenvalue weighted by Crippen LogP contribution is 2.30. The van der Waals surface area contributed by atoms with E-state index in [-0.39, 0.29) is 0 Å². The molecule has 1 aromatic heterocycles. The first kappa shape index (κ1) is 11.7. The number of nitrogens with zero attached hydrogens (tertiary/aromatic N) is 1. The molecule has 0 spiro atoms. The summed E-state index contributed by atoms with van der Waals surface area (Å²) in [6.45, 7) is 0. The van der Waals surface area contributed by atoms with Gasteiger partial charge in [0.25, 0.3) is 0 Å². The molecular weight excluding hydrogens is 266 g/mol. The predicted octanol–water partition coefficient (Wildman–Crippen LogP) is 3.56. The van der Waals surface area contributed by atoms with E-state index in [1.807, 2.05) is 0 Å². The minimum Gasteiger partial charge on any atom is -0.396 e. The zero-order chi connectivity index (χ0) is 11.4. The van der Waals surface area contributed by atoms with Crippen molar-refractivity contribution in [2.24, 2.45) is 0 Å². The molecule has 0 unspecified atom stereocenters. The van der Waals surface area contributed by atoms with Crippen LogP contribution >= 0.6 is 15.9 Å². The molecule has 0 radical (unpaired) electrons. The Balaban J connectivity index is 2.07. The van der Waals surface area contributed by atoms with Gasteiger partial charge in [-0.1, -0.05) is 25.7 Å². The van der Waals surface area contributed by atoms with Gasteiger partial charge in [-0.25, -0.2) is 0 Å². The average Bonchev–Trinajstić information content (AvgIpc) is 2.52. The molecule has 1 fully saturated rings. The molecule has 1 aliphatic carbocycles. The Labute approximate surface area is 105 Å². The zero-order valence-corrected chi connectivity index (χ0v) is 11.0. The van der Waals surface area contributed by atoms with Crippen molar-refractivity contribution < 1.29 is 0 Å². The predicted molar refractivity (Wildman–Crippen MR) is 71.5 cm³/mol. The molecule has 0 saturated heterocycles. The number of pyridine rings is 1. The minimum atomic E-state index is 0.559. The maximum atomic E-state index is 5.92. The average molecular weight is 284 g/mol. The SMILES string of the molecule is Nc1cncc(Br)c1NC1CCCCCC1. The maximum absolute atomic E-state index is 5.92. The first-order chi connectivity index (χ1) is 7.77. The van der Waals surface area contributed by atoms with Crippen LogP contribution in [-0.2, 0) is 0 Å². The lowest BCUT2D eigenvalue weighted by atomic mass is 10.1. The van der Waals surface area contributed by atoms with Crippen molar-refractivity contribution in [2.75, 3.05) is 11.1 Å². The Morgan fingerprint density at radius 2 is 1.88 bits per heavy atom. The van der Waals surface area contributed by atoms with Gasteiger partial charge in [0.05, 0.1) is 22.0 Å². The molecule has 0 bridgehead atoms. The summed E-state index contributed by atoms with van der Waals surface area (Å²) in [5.41, 5.74) is 7.65. The Morgan fingerprint density at radius 3 is 2.50 bits per heavy atom. The molecule has 16 heavy (non-hydrogen) atoms. The summed E-state index contributed by atoms with van der Waals surface area (Å²) in [6, 6.07) is 0.559. The van der Waals surface area contributed by atoms with Gasteiger partial charge in [0.1, 0.15) is 0 Å². The molecule has 0 aromatic carbocycles. The Kier molecular flexibility index (Phi) is 4.04. The van der Waals surface area contributed by atoms with Gasteiger partial charge in [-0.3, -0.25) is 4.98 Å². The molecule has 3 N–H and O–H groups in total. The second-order valence-electron chi connectivity index (χ2n) is 4.42. The number of hydrogen-bond acceptors (Lipinski definition) is 3. The molecule has 1 aromatic rings. The van der Waals surface area contributed by atoms with Gasteiger partial charge >= 0.3 is 0 Å². The number of nitrogens with two attached hydrogens (primary N) is 1. The highest BCUT2D eigenvalue weighted by atomic mass is 79.9. The van der Waals surface area contributed by atoms with Crippen LogP contribution in [0.5, 0.6) is 0 Å². The van der Waals surface area contributed by atoms with Gasteiger partial charge in [0.2, 0.25) is 0 Å². The van der Waals surface area contributed by atoms with E-state index in [1.54, 1.807) is 12.4 Å². The minimum absolute atomic E-state index is 0.559. The molecule has 4 heteroatoms. The van der Waals surface area contributed by atoms with E-state index in [1.165, 1.54) is 38.5 Å². The number of nitrogen functional groups attached to an aromatic ring is 1. The highest BCUT2D eigenvalue weighted by molar-refractivity contribution is 9.10. The van der Waals surface area contributed by atoms with Crippen molar-refractivity contribution in [1.82, 2.24) is 4.98 Å². The lowest BCUT2D eigenvalue weighted by Gasteiger charge is -2.19. The topological polar surface area (TPSA) is 50.9 Å². The summed E-state index contributed by atoms with van der Waals surface area (Å²) < 4.78 is 0.955. The standard InChI is InChI=1S/C12H18BrN3/c13-10-7-15-8-11(14)12(10)16-9-5-3-1-2-4-6-9/h7-9H,1-6,14H2,(H,15,16). The highest BCUT2D eigenvalue weighted by Gasteiger charge is 2.14. The quantitative estimate of drug-likeness (QED) is 0.816. The number of hydrogen-bond donors (Lipinski definition) is 2. The fourth-order valence-corrected chi connectivity index (χ4v) is 2.69. The van der Waals surface area contributed by atoms with E-state index in [9.17, 15) is 0 Å². The van der Waals surface area contributed by atoms with Crippen LogP contribution in [0.4, 0.5) is 11.4 Å². The van der Waals surface area contributed by atoms with E-state index in [2.05, 4.69) is 26.2 Å². The summed E-state index contributed by atoms with van der Waals surface area (Å²) in [5, 5.41) is 3.55. The molecule has 1 aliphatic rings. The van der Waals surface area contributed by atoms with Gasteiger partial charge in [-0.05, 0) is 28.8 Å². The number of rotatable bonds is 2. The van der Waals surface area contributed by atoms with Crippen molar-refractivity contribution in [2.45, 2.75) is 44.6 Å². The largest absolute Gasteiger partial charge is 0.396 e. The first-order valence-corrected chi connectivity index (χ1v) is 6.72. The Hall–Kier alpha value is -0.770. The van der Waals surface area contributed by atoms with Crippen molar-refractivity contribution in [1.29, 1.82) is 0 Å². The number of halogens is 1. The van der Waals surface area contributed by atoms with Crippen molar-refractivity contribution in [3.63, 3.8) is 0 Å². The summed E-state index contributed by atoms with van der Waals surface area (Å²) in [6.07, 6.45) is 11.3.